The minimum atomic E-state index is 0.177. The predicted molar refractivity (Wildman–Crippen MR) is 64.5 cm³/mol. The third-order valence-electron chi connectivity index (χ3n) is 1.84. The smallest absolute Gasteiger partial charge is 0.174 e. The van der Waals surface area contributed by atoms with Gasteiger partial charge in [0, 0.05) is 18.9 Å². The van der Waals surface area contributed by atoms with E-state index in [9.17, 15) is 0 Å². The van der Waals surface area contributed by atoms with Crippen molar-refractivity contribution in [2.24, 2.45) is 5.73 Å². The zero-order valence-electron chi connectivity index (χ0n) is 9.10. The van der Waals surface area contributed by atoms with Crippen molar-refractivity contribution in [3.63, 3.8) is 0 Å². The van der Waals surface area contributed by atoms with Crippen LogP contribution in [0.2, 0.25) is 0 Å². The van der Waals surface area contributed by atoms with Crippen LogP contribution in [0.4, 0.5) is 0 Å². The molecule has 1 rings (SSSR count). The van der Waals surface area contributed by atoms with Crippen LogP contribution in [-0.4, -0.2) is 35.2 Å². The summed E-state index contributed by atoms with van der Waals surface area (Å²) in [6.45, 7) is 5.27. The second kappa shape index (κ2) is 7.16. The molecule has 2 N–H and O–H groups in total. The molecule has 0 radical (unpaired) electrons. The fraction of sp³-hybridized carbons (Fsp3) is 0.778. The van der Waals surface area contributed by atoms with Crippen molar-refractivity contribution in [3.05, 3.63) is 5.01 Å². The van der Waals surface area contributed by atoms with Crippen molar-refractivity contribution in [2.45, 2.75) is 30.7 Å². The van der Waals surface area contributed by atoms with Crippen LogP contribution in [-0.2, 0) is 4.74 Å². The predicted octanol–water partition coefficient (Wildman–Crippen LogP) is 1.69. The Balaban J connectivity index is 2.20. The van der Waals surface area contributed by atoms with E-state index in [1.54, 1.807) is 23.1 Å². The zero-order valence-corrected chi connectivity index (χ0v) is 10.7. The summed E-state index contributed by atoms with van der Waals surface area (Å²) < 4.78 is 6.49. The molecule has 0 saturated heterocycles. The lowest BCUT2D eigenvalue weighted by Crippen LogP contribution is -2.24. The van der Waals surface area contributed by atoms with Gasteiger partial charge in [0.15, 0.2) is 4.34 Å². The van der Waals surface area contributed by atoms with Gasteiger partial charge >= 0.3 is 0 Å². The molecule has 1 aromatic heterocycles. The Morgan fingerprint density at radius 2 is 2.33 bits per heavy atom. The van der Waals surface area contributed by atoms with E-state index in [1.165, 1.54) is 0 Å². The SMILES string of the molecule is CCOC(CN)CCSc1nnc(C)s1. The van der Waals surface area contributed by atoms with Crippen LogP contribution >= 0.6 is 23.1 Å². The van der Waals surface area contributed by atoms with E-state index < -0.39 is 0 Å². The lowest BCUT2D eigenvalue weighted by molar-refractivity contribution is 0.0674. The van der Waals surface area contributed by atoms with Gasteiger partial charge in [-0.3, -0.25) is 0 Å². The van der Waals surface area contributed by atoms with Gasteiger partial charge < -0.3 is 10.5 Å². The van der Waals surface area contributed by atoms with Gasteiger partial charge in [-0.1, -0.05) is 23.1 Å². The molecule has 4 nitrogen and oxygen atoms in total. The Kier molecular flexibility index (Phi) is 6.16. The molecule has 0 fully saturated rings. The number of aryl methyl sites for hydroxylation is 1. The third kappa shape index (κ3) is 4.92. The third-order valence-corrected chi connectivity index (χ3v) is 3.84. The Morgan fingerprint density at radius 3 is 2.87 bits per heavy atom. The summed E-state index contributed by atoms with van der Waals surface area (Å²) in [5, 5.41) is 9.02. The van der Waals surface area contributed by atoms with Crippen molar-refractivity contribution >= 4 is 23.1 Å². The first-order chi connectivity index (χ1) is 7.26. The number of rotatable bonds is 7. The molecule has 0 amide bonds. The molecule has 0 saturated carbocycles. The highest BCUT2D eigenvalue weighted by Gasteiger charge is 2.07. The van der Waals surface area contributed by atoms with Gasteiger partial charge in [-0.25, -0.2) is 0 Å². The molecule has 1 atom stereocenters. The van der Waals surface area contributed by atoms with Gasteiger partial charge in [0.2, 0.25) is 0 Å². The molecule has 86 valence electrons. The molecule has 0 aromatic carbocycles. The Morgan fingerprint density at radius 1 is 1.53 bits per heavy atom. The molecule has 15 heavy (non-hydrogen) atoms. The van der Waals surface area contributed by atoms with Crippen molar-refractivity contribution in [1.82, 2.24) is 10.2 Å². The molecule has 1 aromatic rings. The summed E-state index contributed by atoms with van der Waals surface area (Å²) >= 11 is 3.35. The average molecular weight is 247 g/mol. The second-order valence-corrected chi connectivity index (χ2v) is 5.56. The van der Waals surface area contributed by atoms with Gasteiger partial charge in [0.05, 0.1) is 6.10 Å². The molecule has 0 bridgehead atoms. The Labute approximate surface area is 98.6 Å². The lowest BCUT2D eigenvalue weighted by atomic mass is 10.3. The number of hydrogen-bond donors (Lipinski definition) is 1. The van der Waals surface area contributed by atoms with Gasteiger partial charge in [-0.05, 0) is 20.3 Å². The first-order valence-corrected chi connectivity index (χ1v) is 6.81. The van der Waals surface area contributed by atoms with E-state index in [-0.39, 0.29) is 6.10 Å². The standard InChI is InChI=1S/C9H17N3OS2/c1-3-13-8(6-10)4-5-14-9-12-11-7(2)15-9/h8H,3-6,10H2,1-2H3. The first-order valence-electron chi connectivity index (χ1n) is 5.00. The monoisotopic (exact) mass is 247 g/mol. The highest BCUT2D eigenvalue weighted by molar-refractivity contribution is 8.01. The summed E-state index contributed by atoms with van der Waals surface area (Å²) in [4.78, 5) is 0. The van der Waals surface area contributed by atoms with Crippen LogP contribution in [0.1, 0.15) is 18.4 Å². The maximum Gasteiger partial charge on any atom is 0.174 e. The molecule has 0 spiro atoms. The fourth-order valence-electron chi connectivity index (χ4n) is 1.12. The summed E-state index contributed by atoms with van der Waals surface area (Å²) in [6, 6.07) is 0. The van der Waals surface area contributed by atoms with Crippen LogP contribution < -0.4 is 5.73 Å². The topological polar surface area (TPSA) is 61.0 Å². The molecule has 1 unspecified atom stereocenters. The van der Waals surface area contributed by atoms with E-state index in [4.69, 9.17) is 10.5 Å². The summed E-state index contributed by atoms with van der Waals surface area (Å²) in [7, 11) is 0. The van der Waals surface area contributed by atoms with Gasteiger partial charge in [0.1, 0.15) is 5.01 Å². The minimum Gasteiger partial charge on any atom is -0.377 e. The van der Waals surface area contributed by atoms with E-state index >= 15 is 0 Å². The van der Waals surface area contributed by atoms with Crippen molar-refractivity contribution in [2.75, 3.05) is 18.9 Å². The van der Waals surface area contributed by atoms with Gasteiger partial charge in [-0.2, -0.15) is 0 Å². The molecular weight excluding hydrogens is 230 g/mol. The number of hydrogen-bond acceptors (Lipinski definition) is 6. The Bertz CT molecular complexity index is 280. The van der Waals surface area contributed by atoms with Crippen molar-refractivity contribution in [1.29, 1.82) is 0 Å². The molecular formula is C9H17N3OS2. The molecule has 6 heteroatoms. The van der Waals surface area contributed by atoms with Crippen LogP contribution in [0.5, 0.6) is 0 Å². The summed E-state index contributed by atoms with van der Waals surface area (Å²) in [5.74, 6) is 0.983. The lowest BCUT2D eigenvalue weighted by Gasteiger charge is -2.13. The maximum atomic E-state index is 5.58. The number of thioether (sulfide) groups is 1. The highest BCUT2D eigenvalue weighted by Crippen LogP contribution is 2.22. The van der Waals surface area contributed by atoms with E-state index in [0.717, 1.165) is 28.1 Å². The number of nitrogens with zero attached hydrogens (tertiary/aromatic N) is 2. The fourth-order valence-corrected chi connectivity index (χ4v) is 3.04. The van der Waals surface area contributed by atoms with E-state index in [2.05, 4.69) is 10.2 Å². The van der Waals surface area contributed by atoms with E-state index in [0.29, 0.717) is 6.54 Å². The van der Waals surface area contributed by atoms with Crippen LogP contribution in [0, 0.1) is 6.92 Å². The summed E-state index contributed by atoms with van der Waals surface area (Å²) in [6.07, 6.45) is 1.14. The van der Waals surface area contributed by atoms with Gasteiger partial charge in [-0.15, -0.1) is 10.2 Å². The van der Waals surface area contributed by atoms with Crippen LogP contribution in [0.15, 0.2) is 4.34 Å². The van der Waals surface area contributed by atoms with Crippen LogP contribution in [0.25, 0.3) is 0 Å². The molecule has 1 heterocycles. The first kappa shape index (κ1) is 12.9. The van der Waals surface area contributed by atoms with Gasteiger partial charge in [0.25, 0.3) is 0 Å². The number of aromatic nitrogens is 2. The quantitative estimate of drug-likeness (QED) is 0.743. The van der Waals surface area contributed by atoms with E-state index in [1.807, 2.05) is 13.8 Å². The van der Waals surface area contributed by atoms with Crippen molar-refractivity contribution < 1.29 is 4.74 Å². The Hall–Kier alpha value is -0.170. The zero-order chi connectivity index (χ0) is 11.1. The van der Waals surface area contributed by atoms with Crippen molar-refractivity contribution in [3.8, 4) is 0 Å². The number of nitrogens with two attached hydrogens (primary N) is 1. The minimum absolute atomic E-state index is 0.177. The molecule has 0 aliphatic heterocycles. The molecule has 0 aliphatic rings. The number of ether oxygens (including phenoxy) is 1. The molecule has 0 aliphatic carbocycles. The largest absolute Gasteiger partial charge is 0.377 e. The van der Waals surface area contributed by atoms with Crippen LogP contribution in [0.3, 0.4) is 0 Å². The highest BCUT2D eigenvalue weighted by atomic mass is 32.2. The average Bonchev–Trinajstić information content (AvgIpc) is 2.63. The second-order valence-electron chi connectivity index (χ2n) is 3.04. The maximum absolute atomic E-state index is 5.58. The normalized spacial score (nSPS) is 13.0. The summed E-state index contributed by atoms with van der Waals surface area (Å²) in [5.41, 5.74) is 5.58.